The van der Waals surface area contributed by atoms with Gasteiger partial charge >= 0.3 is 0 Å². The summed E-state index contributed by atoms with van der Waals surface area (Å²) in [5.41, 5.74) is 11.2. The number of hydrogen-bond acceptors (Lipinski definition) is 11. The van der Waals surface area contributed by atoms with Gasteiger partial charge in [-0.15, -0.1) is 12.4 Å². The maximum Gasteiger partial charge on any atom is 0.269 e. The van der Waals surface area contributed by atoms with Gasteiger partial charge in [0.05, 0.1) is 22.2 Å². The van der Waals surface area contributed by atoms with Crippen LogP contribution in [0.3, 0.4) is 0 Å². The fraction of sp³-hybridized carbons (Fsp3) is 0.377. The number of halogens is 1. The fourth-order valence-electron chi connectivity index (χ4n) is 9.19. The number of nitrogens with one attached hydrogen (secondary N) is 1. The largest absolute Gasteiger partial charge is 0.331 e. The molecule has 10 rings (SSSR count). The molecule has 0 bridgehead atoms. The zero-order chi connectivity index (χ0) is 47.3. The summed E-state index contributed by atoms with van der Waals surface area (Å²) in [7, 11) is -3.90. The predicted octanol–water partition coefficient (Wildman–Crippen LogP) is 10.5. The molecule has 8 aromatic rings. The Morgan fingerprint density at radius 3 is 1.37 bits per heavy atom. The SMILES string of the molecule is C.C.C.CCN.CCNC1CCC(c2cnc3c(c2)c(-c2cnn(C)c2)cn3S(=O)(=O)c2ccccc2)CC1.Cl.Cn1cc(-c2cn(S(=O)(=O)c3ccccc3)c3ncc(C4CCC(=O)CC4)cc23)cn1. The molecular weight excluding hydrogens is 956 g/mol. The van der Waals surface area contributed by atoms with E-state index in [1.54, 1.807) is 94.9 Å². The van der Waals surface area contributed by atoms with Crippen molar-refractivity contribution in [3.05, 3.63) is 133 Å². The second-order valence-corrected chi connectivity index (χ2v) is 20.9. The van der Waals surface area contributed by atoms with Crippen molar-refractivity contribution in [1.29, 1.82) is 0 Å². The molecule has 0 amide bonds. The number of Topliss-reactive ketones (excluding diaryl/α,β-unsaturated/α-hetero) is 1. The molecule has 0 saturated heterocycles. The zero-order valence-electron chi connectivity index (χ0n) is 38.8. The summed E-state index contributed by atoms with van der Waals surface area (Å²) in [5, 5.41) is 13.7. The monoisotopic (exact) mass is 1030 g/mol. The van der Waals surface area contributed by atoms with E-state index < -0.39 is 20.0 Å². The lowest BCUT2D eigenvalue weighted by Crippen LogP contribution is -2.32. The van der Waals surface area contributed by atoms with Gasteiger partial charge in [-0.25, -0.2) is 34.7 Å². The van der Waals surface area contributed by atoms with Gasteiger partial charge in [0.25, 0.3) is 20.0 Å². The van der Waals surface area contributed by atoms with Crippen LogP contribution in [0.25, 0.3) is 44.3 Å². The van der Waals surface area contributed by atoms with Gasteiger partial charge in [-0.1, -0.05) is 72.5 Å². The lowest BCUT2D eigenvalue weighted by atomic mass is 9.82. The number of aromatic nitrogens is 8. The van der Waals surface area contributed by atoms with Gasteiger partial charge in [-0.05, 0) is 111 Å². The molecule has 382 valence electrons. The highest BCUT2D eigenvalue weighted by atomic mass is 35.5. The Bertz CT molecular complexity index is 3200. The molecule has 2 fully saturated rings. The van der Waals surface area contributed by atoms with Crippen molar-refractivity contribution in [1.82, 2.24) is 42.8 Å². The molecule has 18 heteroatoms. The molecule has 6 aromatic heterocycles. The molecule has 2 aliphatic carbocycles. The quantitative estimate of drug-likeness (QED) is 0.132. The van der Waals surface area contributed by atoms with E-state index in [9.17, 15) is 21.6 Å². The van der Waals surface area contributed by atoms with Crippen molar-refractivity contribution in [3.63, 3.8) is 0 Å². The number of benzene rings is 2. The van der Waals surface area contributed by atoms with Crippen LogP contribution in [0, 0.1) is 0 Å². The first-order valence-corrected chi connectivity index (χ1v) is 25.8. The second-order valence-electron chi connectivity index (χ2n) is 17.2. The highest BCUT2D eigenvalue weighted by Crippen LogP contribution is 2.39. The van der Waals surface area contributed by atoms with Crippen molar-refractivity contribution in [2.24, 2.45) is 19.8 Å². The molecule has 15 nitrogen and oxygen atoms in total. The van der Waals surface area contributed by atoms with Crippen LogP contribution in [0.15, 0.2) is 132 Å². The van der Waals surface area contributed by atoms with Gasteiger partial charge in [0.1, 0.15) is 5.78 Å². The van der Waals surface area contributed by atoms with Crippen LogP contribution in [0.2, 0.25) is 0 Å². The molecule has 71 heavy (non-hydrogen) atoms. The molecule has 0 aliphatic heterocycles. The minimum atomic E-state index is -3.81. The summed E-state index contributed by atoms with van der Waals surface area (Å²) in [5.74, 6) is 1.000. The van der Waals surface area contributed by atoms with Crippen LogP contribution in [-0.4, -0.2) is 79.2 Å². The molecule has 2 aliphatic rings. The van der Waals surface area contributed by atoms with Gasteiger partial charge in [0.2, 0.25) is 0 Å². The Morgan fingerprint density at radius 1 is 0.606 bits per heavy atom. The first kappa shape index (κ1) is 57.6. The van der Waals surface area contributed by atoms with Gasteiger partial charge in [0, 0.05) is 103 Å². The summed E-state index contributed by atoms with van der Waals surface area (Å²) in [6.07, 6.45) is 21.5. The van der Waals surface area contributed by atoms with E-state index in [1.165, 1.54) is 13.5 Å². The van der Waals surface area contributed by atoms with E-state index in [0.29, 0.717) is 41.9 Å². The number of fused-ring (bicyclic) bond motifs is 2. The molecule has 0 spiro atoms. The highest BCUT2D eigenvalue weighted by molar-refractivity contribution is 7.90. The first-order chi connectivity index (χ1) is 32.3. The number of pyridine rings is 2. The summed E-state index contributed by atoms with van der Waals surface area (Å²) in [4.78, 5) is 21.4. The Balaban J connectivity index is 0.000000278. The van der Waals surface area contributed by atoms with Crippen molar-refractivity contribution < 1.29 is 21.6 Å². The van der Waals surface area contributed by atoms with E-state index in [4.69, 9.17) is 10.7 Å². The number of carbonyl (C=O) groups excluding carboxylic acids is 1. The second kappa shape index (κ2) is 24.9. The summed E-state index contributed by atoms with van der Waals surface area (Å²) >= 11 is 0. The Morgan fingerprint density at radius 2 is 1.00 bits per heavy atom. The number of ketones is 1. The predicted molar refractivity (Wildman–Crippen MR) is 289 cm³/mol. The molecule has 3 N–H and O–H groups in total. The van der Waals surface area contributed by atoms with Crippen molar-refractivity contribution in [3.8, 4) is 22.3 Å². The van der Waals surface area contributed by atoms with E-state index in [2.05, 4.69) is 33.5 Å². The topological polar surface area (TPSA) is 195 Å². The zero-order valence-corrected chi connectivity index (χ0v) is 41.2. The number of aryl methyl sites for hydroxylation is 2. The molecule has 6 heterocycles. The third kappa shape index (κ3) is 12.4. The maximum absolute atomic E-state index is 13.5. The first-order valence-electron chi connectivity index (χ1n) is 22.9. The minimum Gasteiger partial charge on any atom is -0.331 e. The van der Waals surface area contributed by atoms with Gasteiger partial charge in [0.15, 0.2) is 11.3 Å². The molecule has 0 atom stereocenters. The molecule has 0 radical (unpaired) electrons. The van der Waals surface area contributed by atoms with E-state index in [1.807, 2.05) is 51.7 Å². The van der Waals surface area contributed by atoms with E-state index in [-0.39, 0.29) is 50.4 Å². The average molecular weight is 1030 g/mol. The van der Waals surface area contributed by atoms with Crippen molar-refractivity contribution in [2.45, 2.75) is 115 Å². The Kier molecular flexibility index (Phi) is 20.2. The molecule has 0 unspecified atom stereocenters. The Labute approximate surface area is 426 Å². The summed E-state index contributed by atoms with van der Waals surface area (Å²) in [6, 6.07) is 21.6. The minimum absolute atomic E-state index is 0. The van der Waals surface area contributed by atoms with Gasteiger partial charge in [-0.2, -0.15) is 10.2 Å². The van der Waals surface area contributed by atoms with Gasteiger partial charge in [-0.3, -0.25) is 14.2 Å². The molecule has 2 aromatic carbocycles. The number of nitrogens with two attached hydrogens (primary N) is 1. The number of nitrogens with zero attached hydrogens (tertiary/aromatic N) is 8. The van der Waals surface area contributed by atoms with Crippen LogP contribution < -0.4 is 11.1 Å². The van der Waals surface area contributed by atoms with Crippen LogP contribution in [0.5, 0.6) is 0 Å². The van der Waals surface area contributed by atoms with E-state index >= 15 is 0 Å². The normalized spacial score (nSPS) is 16.0. The summed E-state index contributed by atoms with van der Waals surface area (Å²) in [6.45, 7) is 5.80. The third-order valence-corrected chi connectivity index (χ3v) is 15.9. The van der Waals surface area contributed by atoms with Crippen molar-refractivity contribution in [2.75, 3.05) is 13.1 Å². The third-order valence-electron chi connectivity index (χ3n) is 12.6. The Hall–Kier alpha value is -5.98. The van der Waals surface area contributed by atoms with E-state index in [0.717, 1.165) is 90.2 Å². The summed E-state index contributed by atoms with van der Waals surface area (Å²) < 4.78 is 59.7. The number of carbonyl (C=O) groups is 1. The lowest BCUT2D eigenvalue weighted by Gasteiger charge is -2.29. The highest BCUT2D eigenvalue weighted by Gasteiger charge is 2.28. The smallest absolute Gasteiger partial charge is 0.269 e. The van der Waals surface area contributed by atoms with Crippen molar-refractivity contribution >= 4 is 60.3 Å². The van der Waals surface area contributed by atoms with Crippen LogP contribution >= 0.6 is 12.4 Å². The van der Waals surface area contributed by atoms with Crippen LogP contribution in [0.1, 0.15) is 110 Å². The lowest BCUT2D eigenvalue weighted by molar-refractivity contribution is -0.120. The number of hydrogen-bond donors (Lipinski definition) is 2. The molecular formula is C53H71ClN10O5S2. The van der Waals surface area contributed by atoms with Gasteiger partial charge < -0.3 is 11.1 Å². The molecule has 2 saturated carbocycles. The van der Waals surface area contributed by atoms with Crippen LogP contribution in [0.4, 0.5) is 0 Å². The maximum atomic E-state index is 13.5. The fourth-order valence-corrected chi connectivity index (χ4v) is 11.9. The standard InChI is InChI=1S/C25H29N5O2S.C23H22N4O3S.C2H7N.3CH4.ClH/c1-3-26-21-11-9-18(10-12-21)19-13-23-24(20-15-28-29(2)16-20)17-30(25(23)27-14-19)33(31,32)22-7-5-4-6-8-22;1-26-14-18(13-25-26)22-15-27(31(29,30)20-5-3-2-4-6-20)23-21(22)11-17(12-24-23)16-7-9-19(28)10-8-16;1-2-3;;;;/h4-8,13-18,21,26H,3,9-12H2,1-2H3;2-6,11-16H,7-10H2,1H3;2-3H2,1H3;3*1H4;1H. The van der Waals surface area contributed by atoms with Crippen LogP contribution in [-0.2, 0) is 38.9 Å². The number of rotatable bonds is 10. The average Bonchev–Trinajstić information content (AvgIpc) is 4.16.